The summed E-state index contributed by atoms with van der Waals surface area (Å²) in [5, 5.41) is 14.8. The fourth-order valence-corrected chi connectivity index (χ4v) is 3.44. The standard InChI is InChI=1S/C17H22N4OS2/c1-5-10-18-15-20-21-16(24-15)23-11-14(22)19-13-8-6-12(7-9-13)17(2,3)4/h5-9H,1,10-11H2,2-4H3,(H,18,20)(H,19,22). The van der Waals surface area contributed by atoms with E-state index in [-0.39, 0.29) is 11.3 Å². The van der Waals surface area contributed by atoms with Gasteiger partial charge >= 0.3 is 0 Å². The molecule has 7 heteroatoms. The van der Waals surface area contributed by atoms with E-state index in [0.29, 0.717) is 12.3 Å². The van der Waals surface area contributed by atoms with Crippen LogP contribution in [0.5, 0.6) is 0 Å². The molecule has 0 radical (unpaired) electrons. The maximum atomic E-state index is 12.0. The molecule has 1 aromatic heterocycles. The topological polar surface area (TPSA) is 66.9 Å². The van der Waals surface area contributed by atoms with E-state index in [1.165, 1.54) is 28.7 Å². The fraction of sp³-hybridized carbons (Fsp3) is 0.353. The number of nitrogens with zero attached hydrogens (tertiary/aromatic N) is 2. The lowest BCUT2D eigenvalue weighted by Gasteiger charge is -2.19. The van der Waals surface area contributed by atoms with Gasteiger partial charge < -0.3 is 10.6 Å². The number of benzene rings is 1. The number of hydrogen-bond donors (Lipinski definition) is 2. The van der Waals surface area contributed by atoms with Crippen molar-refractivity contribution < 1.29 is 4.79 Å². The van der Waals surface area contributed by atoms with E-state index in [1.807, 2.05) is 24.3 Å². The summed E-state index contributed by atoms with van der Waals surface area (Å²) in [6.07, 6.45) is 1.76. The average molecular weight is 363 g/mol. The molecule has 128 valence electrons. The highest BCUT2D eigenvalue weighted by Crippen LogP contribution is 2.26. The predicted molar refractivity (Wildman–Crippen MR) is 103 cm³/mol. The van der Waals surface area contributed by atoms with Gasteiger partial charge in [-0.3, -0.25) is 4.79 Å². The highest BCUT2D eigenvalue weighted by molar-refractivity contribution is 8.01. The molecule has 24 heavy (non-hydrogen) atoms. The molecule has 0 aliphatic carbocycles. The largest absolute Gasteiger partial charge is 0.357 e. The molecule has 0 fully saturated rings. The molecule has 0 saturated carbocycles. The molecule has 1 aromatic carbocycles. The summed E-state index contributed by atoms with van der Waals surface area (Å²) in [7, 11) is 0. The summed E-state index contributed by atoms with van der Waals surface area (Å²) in [4.78, 5) is 12.0. The van der Waals surface area contributed by atoms with E-state index in [9.17, 15) is 4.79 Å². The van der Waals surface area contributed by atoms with Gasteiger partial charge in [-0.15, -0.1) is 16.8 Å². The molecule has 2 N–H and O–H groups in total. The molecule has 5 nitrogen and oxygen atoms in total. The van der Waals surface area contributed by atoms with E-state index < -0.39 is 0 Å². The van der Waals surface area contributed by atoms with Crippen molar-refractivity contribution in [2.45, 2.75) is 30.5 Å². The van der Waals surface area contributed by atoms with E-state index in [0.717, 1.165) is 15.2 Å². The molecule has 0 bridgehead atoms. The van der Waals surface area contributed by atoms with Crippen molar-refractivity contribution in [3.05, 3.63) is 42.5 Å². The van der Waals surface area contributed by atoms with Gasteiger partial charge in [0.05, 0.1) is 5.75 Å². The van der Waals surface area contributed by atoms with Gasteiger partial charge in [-0.2, -0.15) is 0 Å². The summed E-state index contributed by atoms with van der Waals surface area (Å²) in [5.41, 5.74) is 2.15. The molecule has 0 aliphatic rings. The van der Waals surface area contributed by atoms with Crippen molar-refractivity contribution in [1.82, 2.24) is 10.2 Å². The monoisotopic (exact) mass is 362 g/mol. The Bertz CT molecular complexity index is 689. The maximum Gasteiger partial charge on any atom is 0.234 e. The van der Waals surface area contributed by atoms with Crippen LogP contribution >= 0.6 is 23.1 Å². The van der Waals surface area contributed by atoms with Crippen molar-refractivity contribution in [3.8, 4) is 0 Å². The minimum atomic E-state index is -0.0562. The van der Waals surface area contributed by atoms with Gasteiger partial charge in [0.15, 0.2) is 4.34 Å². The minimum absolute atomic E-state index is 0.0562. The van der Waals surface area contributed by atoms with Crippen molar-refractivity contribution in [1.29, 1.82) is 0 Å². The quantitative estimate of drug-likeness (QED) is 0.572. The van der Waals surface area contributed by atoms with Crippen LogP contribution in [0, 0.1) is 0 Å². The lowest BCUT2D eigenvalue weighted by atomic mass is 9.87. The smallest absolute Gasteiger partial charge is 0.234 e. The number of carbonyl (C=O) groups excluding carboxylic acids is 1. The first-order chi connectivity index (χ1) is 11.4. The van der Waals surface area contributed by atoms with Crippen LogP contribution in [0.3, 0.4) is 0 Å². The number of amides is 1. The normalized spacial score (nSPS) is 11.1. The summed E-state index contributed by atoms with van der Waals surface area (Å²) >= 11 is 2.80. The summed E-state index contributed by atoms with van der Waals surface area (Å²) in [6, 6.07) is 7.97. The Hall–Kier alpha value is -1.86. The molecular weight excluding hydrogens is 340 g/mol. The molecule has 0 spiro atoms. The zero-order valence-electron chi connectivity index (χ0n) is 14.1. The Labute approximate surface area is 151 Å². The van der Waals surface area contributed by atoms with Gasteiger partial charge in [0.2, 0.25) is 11.0 Å². The Kier molecular flexibility index (Phi) is 6.39. The zero-order chi connectivity index (χ0) is 17.6. The van der Waals surface area contributed by atoms with Gasteiger partial charge in [0, 0.05) is 12.2 Å². The number of rotatable bonds is 7. The van der Waals surface area contributed by atoms with Crippen LogP contribution in [-0.2, 0) is 10.2 Å². The number of aromatic nitrogens is 2. The second-order valence-electron chi connectivity index (χ2n) is 6.21. The van der Waals surface area contributed by atoms with E-state index in [2.05, 4.69) is 48.2 Å². The third-order valence-electron chi connectivity index (χ3n) is 3.17. The highest BCUT2D eigenvalue weighted by atomic mass is 32.2. The molecule has 1 amide bonds. The first-order valence-electron chi connectivity index (χ1n) is 7.60. The number of thioether (sulfide) groups is 1. The summed E-state index contributed by atoms with van der Waals surface area (Å²) < 4.78 is 0.764. The Morgan fingerprint density at radius 3 is 2.62 bits per heavy atom. The molecule has 2 rings (SSSR count). The van der Waals surface area contributed by atoms with E-state index in [1.54, 1.807) is 6.08 Å². The SMILES string of the molecule is C=CCNc1nnc(SCC(=O)Nc2ccc(C(C)(C)C)cc2)s1. The lowest BCUT2D eigenvalue weighted by molar-refractivity contribution is -0.113. The van der Waals surface area contributed by atoms with Gasteiger partial charge in [-0.25, -0.2) is 0 Å². The lowest BCUT2D eigenvalue weighted by Crippen LogP contribution is -2.15. The van der Waals surface area contributed by atoms with Crippen LogP contribution in [0.25, 0.3) is 0 Å². The van der Waals surface area contributed by atoms with Crippen molar-refractivity contribution in [3.63, 3.8) is 0 Å². The second-order valence-corrected chi connectivity index (χ2v) is 8.41. The van der Waals surface area contributed by atoms with Crippen LogP contribution < -0.4 is 10.6 Å². The fourth-order valence-electron chi connectivity index (χ4n) is 1.88. The van der Waals surface area contributed by atoms with E-state index >= 15 is 0 Å². The van der Waals surface area contributed by atoms with E-state index in [4.69, 9.17) is 0 Å². The second kappa shape index (κ2) is 8.30. The highest BCUT2D eigenvalue weighted by Gasteiger charge is 2.13. The van der Waals surface area contributed by atoms with Crippen LogP contribution in [0.15, 0.2) is 41.3 Å². The third-order valence-corrected chi connectivity index (χ3v) is 5.18. The number of carbonyl (C=O) groups is 1. The number of nitrogens with one attached hydrogen (secondary N) is 2. The average Bonchev–Trinajstić information content (AvgIpc) is 2.98. The molecular formula is C17H22N4OS2. The van der Waals surface area contributed by atoms with Crippen LogP contribution in [0.1, 0.15) is 26.3 Å². The predicted octanol–water partition coefficient (Wildman–Crippen LogP) is 4.16. The van der Waals surface area contributed by atoms with Gasteiger partial charge in [0.25, 0.3) is 0 Å². The molecule has 1 heterocycles. The molecule has 0 saturated heterocycles. The van der Waals surface area contributed by atoms with Crippen molar-refractivity contribution >= 4 is 39.8 Å². The van der Waals surface area contributed by atoms with Gasteiger partial charge in [-0.05, 0) is 23.1 Å². The van der Waals surface area contributed by atoms with Crippen LogP contribution in [0.2, 0.25) is 0 Å². The third kappa shape index (κ3) is 5.65. The molecule has 2 aromatic rings. The molecule has 0 aliphatic heterocycles. The molecule has 0 unspecified atom stereocenters. The first-order valence-corrected chi connectivity index (χ1v) is 9.40. The number of anilines is 2. The Morgan fingerprint density at radius 1 is 1.29 bits per heavy atom. The Balaban J connectivity index is 1.82. The summed E-state index contributed by atoms with van der Waals surface area (Å²) in [5.74, 6) is 0.246. The van der Waals surface area contributed by atoms with Crippen LogP contribution in [0.4, 0.5) is 10.8 Å². The van der Waals surface area contributed by atoms with Gasteiger partial charge in [0.1, 0.15) is 0 Å². The number of hydrogen-bond acceptors (Lipinski definition) is 6. The Morgan fingerprint density at radius 2 is 2.00 bits per heavy atom. The van der Waals surface area contributed by atoms with Crippen molar-refractivity contribution in [2.24, 2.45) is 0 Å². The first kappa shape index (κ1) is 18.5. The minimum Gasteiger partial charge on any atom is -0.357 e. The maximum absolute atomic E-state index is 12.0. The van der Waals surface area contributed by atoms with Gasteiger partial charge in [-0.1, -0.05) is 62.1 Å². The molecule has 0 atom stereocenters. The summed E-state index contributed by atoms with van der Waals surface area (Å²) in [6.45, 7) is 10.8. The zero-order valence-corrected chi connectivity index (χ0v) is 15.8. The van der Waals surface area contributed by atoms with Crippen molar-refractivity contribution in [2.75, 3.05) is 22.9 Å². The van der Waals surface area contributed by atoms with Crippen LogP contribution in [-0.4, -0.2) is 28.4 Å².